The fourth-order valence-corrected chi connectivity index (χ4v) is 6.55. The minimum absolute atomic E-state index is 0.0384. The zero-order valence-corrected chi connectivity index (χ0v) is 16.1. The molecule has 142 valence electrons. The van der Waals surface area contributed by atoms with Gasteiger partial charge in [-0.25, -0.2) is 0 Å². The number of rotatable bonds is 1. The molecule has 26 heavy (non-hydrogen) atoms. The molecule has 0 radical (unpaired) electrons. The fourth-order valence-electron chi connectivity index (χ4n) is 6.55. The Morgan fingerprint density at radius 3 is 2.62 bits per heavy atom. The van der Waals surface area contributed by atoms with E-state index in [9.17, 15) is 20.1 Å². The summed E-state index contributed by atoms with van der Waals surface area (Å²) >= 11 is 0. The molecule has 0 aromatic carbocycles. The topological polar surface area (TPSA) is 77.8 Å². The Morgan fingerprint density at radius 1 is 1.19 bits per heavy atom. The molecule has 3 atom stereocenters. The van der Waals surface area contributed by atoms with E-state index in [-0.39, 0.29) is 23.2 Å². The van der Waals surface area contributed by atoms with Gasteiger partial charge >= 0.3 is 0 Å². The van der Waals surface area contributed by atoms with E-state index in [0.29, 0.717) is 23.3 Å². The molecule has 4 nitrogen and oxygen atoms in total. The second kappa shape index (κ2) is 5.56. The fraction of sp³-hybridized carbons (Fsp3) is 0.682. The second-order valence-electron chi connectivity index (χ2n) is 9.67. The summed E-state index contributed by atoms with van der Waals surface area (Å²) in [5.74, 6) is 0.110. The van der Waals surface area contributed by atoms with E-state index >= 15 is 0 Å². The maximum absolute atomic E-state index is 12.8. The number of ketones is 1. The lowest BCUT2D eigenvalue weighted by Gasteiger charge is -2.57. The summed E-state index contributed by atoms with van der Waals surface area (Å²) in [5, 5.41) is 31.1. The lowest BCUT2D eigenvalue weighted by atomic mass is 9.48. The highest BCUT2D eigenvalue weighted by atomic mass is 16.3. The third-order valence-electron chi connectivity index (χ3n) is 7.86. The number of carbonyl (C=O) groups is 1. The summed E-state index contributed by atoms with van der Waals surface area (Å²) in [6, 6.07) is 0. The third-order valence-corrected chi connectivity index (χ3v) is 7.86. The summed E-state index contributed by atoms with van der Waals surface area (Å²) < 4.78 is 0. The molecule has 3 N–H and O–H groups in total. The molecule has 1 unspecified atom stereocenters. The van der Waals surface area contributed by atoms with E-state index in [1.807, 2.05) is 0 Å². The smallest absolute Gasteiger partial charge is 0.197 e. The maximum atomic E-state index is 12.8. The Balaban J connectivity index is 1.82. The first kappa shape index (κ1) is 18.0. The van der Waals surface area contributed by atoms with Crippen LogP contribution >= 0.6 is 0 Å². The summed E-state index contributed by atoms with van der Waals surface area (Å²) in [4.78, 5) is 12.8. The Morgan fingerprint density at radius 2 is 1.92 bits per heavy atom. The van der Waals surface area contributed by atoms with Gasteiger partial charge in [0.25, 0.3) is 0 Å². The van der Waals surface area contributed by atoms with Gasteiger partial charge in [-0.3, -0.25) is 4.79 Å². The van der Waals surface area contributed by atoms with Gasteiger partial charge in [-0.2, -0.15) is 0 Å². The number of hydrogen-bond acceptors (Lipinski definition) is 4. The molecule has 0 spiro atoms. The van der Waals surface area contributed by atoms with Crippen LogP contribution in [0, 0.1) is 16.7 Å². The van der Waals surface area contributed by atoms with Crippen LogP contribution in [0.15, 0.2) is 34.1 Å². The molecule has 0 bridgehead atoms. The number of aliphatic hydroxyl groups excluding tert-OH is 2. The predicted molar refractivity (Wildman–Crippen MR) is 99.5 cm³/mol. The molecule has 0 amide bonds. The van der Waals surface area contributed by atoms with Gasteiger partial charge in [0.1, 0.15) is 5.76 Å². The Bertz CT molecular complexity index is 769. The molecule has 4 heteroatoms. The van der Waals surface area contributed by atoms with Gasteiger partial charge < -0.3 is 15.3 Å². The Hall–Kier alpha value is -1.39. The van der Waals surface area contributed by atoms with Gasteiger partial charge in [0, 0.05) is 17.6 Å². The SMILES string of the molecule is CC1(C)CCC[C@]2(C)C3=C(CC[C@@H]12)CC1(O)C(=O)C(CO)=CC(O)=C1C3. The van der Waals surface area contributed by atoms with E-state index < -0.39 is 18.0 Å². The van der Waals surface area contributed by atoms with Crippen molar-refractivity contribution in [1.82, 2.24) is 0 Å². The van der Waals surface area contributed by atoms with Gasteiger partial charge in [0.2, 0.25) is 0 Å². The van der Waals surface area contributed by atoms with Gasteiger partial charge in [-0.15, -0.1) is 0 Å². The van der Waals surface area contributed by atoms with E-state index in [1.54, 1.807) is 0 Å². The number of Topliss-reactive ketones (excluding diaryl/α,β-unsaturated/α-hetero) is 1. The van der Waals surface area contributed by atoms with E-state index in [0.717, 1.165) is 19.3 Å². The molecule has 4 aliphatic rings. The summed E-state index contributed by atoms with van der Waals surface area (Å²) in [6.45, 7) is 6.64. The zero-order valence-electron chi connectivity index (χ0n) is 16.1. The molecule has 0 heterocycles. The van der Waals surface area contributed by atoms with Crippen LogP contribution in [-0.2, 0) is 4.79 Å². The molecule has 1 saturated carbocycles. The molecule has 0 aromatic rings. The van der Waals surface area contributed by atoms with Crippen molar-refractivity contribution in [2.45, 2.75) is 71.3 Å². The molecule has 0 saturated heterocycles. The standard InChI is InChI=1S/C22H30O4/c1-20(2)7-4-8-21(3)15-10-16-17(24)9-14(12-23)19(25)22(16,26)11-13(15)5-6-18(20)21/h9,18,23-24,26H,4-8,10-12H2,1-3H3/t18-,21+,22?/m0/s1. The maximum Gasteiger partial charge on any atom is 0.197 e. The highest BCUT2D eigenvalue weighted by molar-refractivity contribution is 6.06. The summed E-state index contributed by atoms with van der Waals surface area (Å²) in [6.07, 6.45) is 7.67. The molecular formula is C22H30O4. The largest absolute Gasteiger partial charge is 0.508 e. The highest BCUT2D eigenvalue weighted by Crippen LogP contribution is 2.63. The van der Waals surface area contributed by atoms with Crippen molar-refractivity contribution in [3.8, 4) is 0 Å². The van der Waals surface area contributed by atoms with Gasteiger partial charge in [0.15, 0.2) is 11.4 Å². The average molecular weight is 358 g/mol. The third kappa shape index (κ3) is 2.24. The molecule has 1 fully saturated rings. The van der Waals surface area contributed by atoms with Crippen LogP contribution in [0.1, 0.15) is 65.7 Å². The molecule has 4 rings (SSSR count). The number of hydrogen-bond donors (Lipinski definition) is 3. The first-order valence-electron chi connectivity index (χ1n) is 9.86. The number of allylic oxidation sites excluding steroid dienone is 2. The van der Waals surface area contributed by atoms with E-state index in [4.69, 9.17) is 0 Å². The minimum Gasteiger partial charge on any atom is -0.508 e. The zero-order chi connectivity index (χ0) is 18.9. The molecule has 0 aromatic heterocycles. The lowest BCUT2D eigenvalue weighted by molar-refractivity contribution is -0.131. The monoisotopic (exact) mass is 358 g/mol. The van der Waals surface area contributed by atoms with Gasteiger partial charge in [0.05, 0.1) is 6.61 Å². The van der Waals surface area contributed by atoms with E-state index in [2.05, 4.69) is 20.8 Å². The van der Waals surface area contributed by atoms with Crippen LogP contribution in [0.5, 0.6) is 0 Å². The quantitative estimate of drug-likeness (QED) is 0.624. The van der Waals surface area contributed by atoms with Crippen LogP contribution in [0.3, 0.4) is 0 Å². The van der Waals surface area contributed by atoms with Crippen LogP contribution in [0.2, 0.25) is 0 Å². The van der Waals surface area contributed by atoms with Gasteiger partial charge in [-0.05, 0) is 54.9 Å². The number of carbonyl (C=O) groups excluding carboxylic acids is 1. The molecule has 4 aliphatic carbocycles. The highest BCUT2D eigenvalue weighted by Gasteiger charge is 2.56. The van der Waals surface area contributed by atoms with Crippen molar-refractivity contribution in [1.29, 1.82) is 0 Å². The summed E-state index contributed by atoms with van der Waals surface area (Å²) in [7, 11) is 0. The van der Waals surface area contributed by atoms with Crippen molar-refractivity contribution in [2.24, 2.45) is 16.7 Å². The lowest BCUT2D eigenvalue weighted by Crippen LogP contribution is -2.52. The Kier molecular flexibility index (Phi) is 3.85. The van der Waals surface area contributed by atoms with Crippen LogP contribution in [0.4, 0.5) is 0 Å². The van der Waals surface area contributed by atoms with Gasteiger partial charge in [-0.1, -0.05) is 38.3 Å². The number of fused-ring (bicyclic) bond motifs is 3. The van der Waals surface area contributed by atoms with Crippen molar-refractivity contribution in [2.75, 3.05) is 6.61 Å². The van der Waals surface area contributed by atoms with Crippen LogP contribution in [-0.4, -0.2) is 33.3 Å². The van der Waals surface area contributed by atoms with Crippen molar-refractivity contribution >= 4 is 5.78 Å². The Labute approximate surface area is 155 Å². The first-order valence-corrected chi connectivity index (χ1v) is 9.86. The van der Waals surface area contributed by atoms with E-state index in [1.165, 1.54) is 30.1 Å². The van der Waals surface area contributed by atoms with Crippen molar-refractivity contribution < 1.29 is 20.1 Å². The van der Waals surface area contributed by atoms with Crippen LogP contribution in [0.25, 0.3) is 0 Å². The normalized spacial score (nSPS) is 39.2. The first-order chi connectivity index (χ1) is 12.1. The van der Waals surface area contributed by atoms with Crippen molar-refractivity contribution in [3.05, 3.63) is 34.1 Å². The number of aliphatic hydroxyl groups is 3. The molecular weight excluding hydrogens is 328 g/mol. The van der Waals surface area contributed by atoms with Crippen molar-refractivity contribution in [3.63, 3.8) is 0 Å². The molecule has 0 aliphatic heterocycles. The van der Waals surface area contributed by atoms with Crippen LogP contribution < -0.4 is 0 Å². The minimum atomic E-state index is -1.68. The summed E-state index contributed by atoms with van der Waals surface area (Å²) in [5.41, 5.74) is 1.77. The average Bonchev–Trinajstić information content (AvgIpc) is 2.56. The second-order valence-corrected chi connectivity index (χ2v) is 9.67. The predicted octanol–water partition coefficient (Wildman–Crippen LogP) is 3.75.